The van der Waals surface area contributed by atoms with Gasteiger partial charge in [-0.05, 0) is 48.9 Å². The number of nitrogens with zero attached hydrogens (tertiary/aromatic N) is 2. The number of hydrogen-bond donors (Lipinski definition) is 0. The van der Waals surface area contributed by atoms with Crippen LogP contribution in [0, 0.1) is 6.92 Å². The number of amides is 1. The largest absolute Gasteiger partial charge is 0.383 e. The van der Waals surface area contributed by atoms with E-state index in [9.17, 15) is 13.2 Å². The van der Waals surface area contributed by atoms with Gasteiger partial charge in [0.1, 0.15) is 0 Å². The number of benzene rings is 3. The van der Waals surface area contributed by atoms with Crippen molar-refractivity contribution < 1.29 is 17.9 Å². The molecule has 32 heavy (non-hydrogen) atoms. The van der Waals surface area contributed by atoms with Crippen LogP contribution in [-0.2, 0) is 21.3 Å². The van der Waals surface area contributed by atoms with E-state index in [0.717, 1.165) is 11.1 Å². The predicted octanol–water partition coefficient (Wildman–Crippen LogP) is 4.11. The summed E-state index contributed by atoms with van der Waals surface area (Å²) in [6.07, 6.45) is 0. The second kappa shape index (κ2) is 10.4. The predicted molar refractivity (Wildman–Crippen MR) is 126 cm³/mol. The van der Waals surface area contributed by atoms with Crippen molar-refractivity contribution in [2.75, 3.05) is 31.6 Å². The van der Waals surface area contributed by atoms with Gasteiger partial charge in [-0.15, -0.1) is 0 Å². The molecule has 0 bridgehead atoms. The number of hydrogen-bond acceptors (Lipinski definition) is 4. The molecule has 0 spiro atoms. The molecule has 6 nitrogen and oxygen atoms in total. The Hall–Kier alpha value is -3.16. The SMILES string of the molecule is COCCN(Cc1ccccc1)C(=O)c1ccc(N(C)S(=O)(=O)c2ccc(C)cc2)cc1. The first-order valence-electron chi connectivity index (χ1n) is 10.3. The van der Waals surface area contributed by atoms with Gasteiger partial charge in [-0.25, -0.2) is 8.42 Å². The summed E-state index contributed by atoms with van der Waals surface area (Å²) in [5.74, 6) is -0.138. The van der Waals surface area contributed by atoms with Crippen molar-refractivity contribution in [1.82, 2.24) is 4.90 Å². The Labute approximate surface area is 190 Å². The van der Waals surface area contributed by atoms with Crippen molar-refractivity contribution in [1.29, 1.82) is 0 Å². The van der Waals surface area contributed by atoms with Gasteiger partial charge in [-0.1, -0.05) is 48.0 Å². The minimum Gasteiger partial charge on any atom is -0.383 e. The highest BCUT2D eigenvalue weighted by Crippen LogP contribution is 2.23. The summed E-state index contributed by atoms with van der Waals surface area (Å²) in [5, 5.41) is 0. The Kier molecular flexibility index (Phi) is 7.66. The normalized spacial score (nSPS) is 11.2. The third kappa shape index (κ3) is 5.55. The fourth-order valence-electron chi connectivity index (χ4n) is 3.26. The second-order valence-electron chi connectivity index (χ2n) is 7.54. The highest BCUT2D eigenvalue weighted by Gasteiger charge is 2.22. The van der Waals surface area contributed by atoms with Crippen LogP contribution < -0.4 is 4.31 Å². The third-order valence-electron chi connectivity index (χ3n) is 5.23. The number of rotatable bonds is 9. The molecule has 168 valence electrons. The molecule has 0 radical (unpaired) electrons. The summed E-state index contributed by atoms with van der Waals surface area (Å²) in [7, 11) is -0.582. The lowest BCUT2D eigenvalue weighted by atomic mass is 10.1. The second-order valence-corrected chi connectivity index (χ2v) is 9.51. The first-order chi connectivity index (χ1) is 15.3. The van der Waals surface area contributed by atoms with Gasteiger partial charge >= 0.3 is 0 Å². The molecule has 0 aromatic heterocycles. The van der Waals surface area contributed by atoms with E-state index in [2.05, 4.69) is 0 Å². The summed E-state index contributed by atoms with van der Waals surface area (Å²) in [4.78, 5) is 15.1. The molecule has 1 amide bonds. The lowest BCUT2D eigenvalue weighted by molar-refractivity contribution is 0.0680. The summed E-state index contributed by atoms with van der Waals surface area (Å²) in [6.45, 7) is 3.25. The van der Waals surface area contributed by atoms with Crippen LogP contribution >= 0.6 is 0 Å². The number of carbonyl (C=O) groups excluding carboxylic acids is 1. The molecule has 0 atom stereocenters. The van der Waals surface area contributed by atoms with E-state index >= 15 is 0 Å². The highest BCUT2D eigenvalue weighted by molar-refractivity contribution is 7.92. The zero-order valence-corrected chi connectivity index (χ0v) is 19.4. The third-order valence-corrected chi connectivity index (χ3v) is 7.03. The van der Waals surface area contributed by atoms with Crippen molar-refractivity contribution in [3.63, 3.8) is 0 Å². The van der Waals surface area contributed by atoms with Crippen LogP contribution in [0.4, 0.5) is 5.69 Å². The molecule has 0 N–H and O–H groups in total. The standard InChI is InChI=1S/C25H28N2O4S/c1-20-9-15-24(16-10-20)32(29,30)26(2)23-13-11-22(12-14-23)25(28)27(17-18-31-3)19-21-7-5-4-6-8-21/h4-16H,17-19H2,1-3H3. The quantitative estimate of drug-likeness (QED) is 0.490. The van der Waals surface area contributed by atoms with E-state index in [0.29, 0.717) is 30.9 Å². The Balaban J connectivity index is 1.79. The smallest absolute Gasteiger partial charge is 0.264 e. The van der Waals surface area contributed by atoms with Crippen LogP contribution in [0.2, 0.25) is 0 Å². The van der Waals surface area contributed by atoms with Crippen molar-refractivity contribution in [3.8, 4) is 0 Å². The monoisotopic (exact) mass is 452 g/mol. The Morgan fingerprint density at radius 3 is 2.12 bits per heavy atom. The van der Waals surface area contributed by atoms with Gasteiger partial charge in [0.05, 0.1) is 17.2 Å². The molecule has 0 saturated heterocycles. The van der Waals surface area contributed by atoms with E-state index < -0.39 is 10.0 Å². The van der Waals surface area contributed by atoms with Gasteiger partial charge < -0.3 is 9.64 Å². The Morgan fingerprint density at radius 1 is 0.906 bits per heavy atom. The Bertz CT molecular complexity index is 1130. The maximum Gasteiger partial charge on any atom is 0.264 e. The molecule has 3 rings (SSSR count). The zero-order chi connectivity index (χ0) is 23.1. The van der Waals surface area contributed by atoms with Crippen molar-refractivity contribution in [2.45, 2.75) is 18.4 Å². The number of sulfonamides is 1. The van der Waals surface area contributed by atoms with Gasteiger partial charge in [-0.2, -0.15) is 0 Å². The van der Waals surface area contributed by atoms with Gasteiger partial charge in [0.25, 0.3) is 15.9 Å². The maximum atomic E-state index is 13.1. The van der Waals surface area contributed by atoms with Crippen molar-refractivity contribution >= 4 is 21.6 Å². The molecule has 0 unspecified atom stereocenters. The molecule has 3 aromatic rings. The highest BCUT2D eigenvalue weighted by atomic mass is 32.2. The van der Waals surface area contributed by atoms with Crippen molar-refractivity contribution in [2.24, 2.45) is 0 Å². The molecule has 3 aromatic carbocycles. The fourth-order valence-corrected chi connectivity index (χ4v) is 4.46. The molecule has 0 aliphatic rings. The summed E-state index contributed by atoms with van der Waals surface area (Å²) in [5.41, 5.74) is 2.98. The number of methoxy groups -OCH3 is 1. The first kappa shape index (κ1) is 23.5. The number of aryl methyl sites for hydroxylation is 1. The fraction of sp³-hybridized carbons (Fsp3) is 0.240. The van der Waals surface area contributed by atoms with Gasteiger partial charge in [0, 0.05) is 32.8 Å². The van der Waals surface area contributed by atoms with Crippen LogP contribution in [0.15, 0.2) is 83.8 Å². The van der Waals surface area contributed by atoms with Gasteiger partial charge in [-0.3, -0.25) is 9.10 Å². The van der Waals surface area contributed by atoms with E-state index in [4.69, 9.17) is 4.74 Å². The minimum absolute atomic E-state index is 0.138. The topological polar surface area (TPSA) is 66.9 Å². The zero-order valence-electron chi connectivity index (χ0n) is 18.6. The molecule has 0 aliphatic heterocycles. The number of ether oxygens (including phenoxy) is 1. The average Bonchev–Trinajstić information content (AvgIpc) is 2.82. The first-order valence-corrected chi connectivity index (χ1v) is 11.7. The lowest BCUT2D eigenvalue weighted by Crippen LogP contribution is -2.33. The van der Waals surface area contributed by atoms with Gasteiger partial charge in [0.15, 0.2) is 0 Å². The van der Waals surface area contributed by atoms with Crippen molar-refractivity contribution in [3.05, 3.63) is 95.6 Å². The minimum atomic E-state index is -3.69. The molecule has 0 aliphatic carbocycles. The lowest BCUT2D eigenvalue weighted by Gasteiger charge is -2.23. The van der Waals surface area contributed by atoms with Crippen LogP contribution in [0.1, 0.15) is 21.5 Å². The number of carbonyl (C=O) groups is 1. The molecule has 0 saturated carbocycles. The molecule has 7 heteroatoms. The summed E-state index contributed by atoms with van der Waals surface area (Å²) < 4.78 is 32.2. The molecule has 0 heterocycles. The molecular formula is C25H28N2O4S. The Morgan fingerprint density at radius 2 is 1.53 bits per heavy atom. The van der Waals surface area contributed by atoms with E-state index in [1.807, 2.05) is 37.3 Å². The van der Waals surface area contributed by atoms with Crippen LogP contribution in [0.3, 0.4) is 0 Å². The van der Waals surface area contributed by atoms with Gasteiger partial charge in [0.2, 0.25) is 0 Å². The van der Waals surface area contributed by atoms with E-state index in [-0.39, 0.29) is 10.8 Å². The van der Waals surface area contributed by atoms with E-state index in [1.54, 1.807) is 60.5 Å². The molecule has 0 fully saturated rings. The summed E-state index contributed by atoms with van der Waals surface area (Å²) >= 11 is 0. The average molecular weight is 453 g/mol. The van der Waals surface area contributed by atoms with Crippen LogP contribution in [-0.4, -0.2) is 46.5 Å². The maximum absolute atomic E-state index is 13.1. The number of anilines is 1. The van der Waals surface area contributed by atoms with E-state index in [1.165, 1.54) is 11.4 Å². The summed E-state index contributed by atoms with van der Waals surface area (Å²) in [6, 6.07) is 23.1. The van der Waals surface area contributed by atoms with Crippen LogP contribution in [0.25, 0.3) is 0 Å². The molecular weight excluding hydrogens is 424 g/mol. The van der Waals surface area contributed by atoms with Crippen LogP contribution in [0.5, 0.6) is 0 Å².